The standard InChI is InChI=1S/C19H32N4O2/c1-16-7-5-8-18(24)23(16)13-4-3-11-21-19(20-2)22-12-6-14-25-15-17-9-10-17/h5,7-8,17H,3-4,6,9-15H2,1-2H3,(H2,20,21,22). The summed E-state index contributed by atoms with van der Waals surface area (Å²) in [7, 11) is 1.78. The first-order valence-electron chi connectivity index (χ1n) is 9.39. The van der Waals surface area contributed by atoms with Crippen molar-refractivity contribution in [1.29, 1.82) is 0 Å². The summed E-state index contributed by atoms with van der Waals surface area (Å²) in [6.45, 7) is 6.18. The second-order valence-corrected chi connectivity index (χ2v) is 6.66. The van der Waals surface area contributed by atoms with E-state index in [4.69, 9.17) is 4.74 Å². The lowest BCUT2D eigenvalue weighted by molar-refractivity contribution is 0.123. The molecule has 1 aromatic rings. The molecule has 1 fully saturated rings. The van der Waals surface area contributed by atoms with Gasteiger partial charge in [0.25, 0.3) is 5.56 Å². The second-order valence-electron chi connectivity index (χ2n) is 6.66. The molecule has 2 N–H and O–H groups in total. The van der Waals surface area contributed by atoms with Crippen molar-refractivity contribution >= 4 is 5.96 Å². The maximum absolute atomic E-state index is 11.8. The summed E-state index contributed by atoms with van der Waals surface area (Å²) in [5.74, 6) is 1.66. The van der Waals surface area contributed by atoms with E-state index in [1.165, 1.54) is 12.8 Å². The lowest BCUT2D eigenvalue weighted by atomic mass is 10.3. The summed E-state index contributed by atoms with van der Waals surface area (Å²) < 4.78 is 7.45. The zero-order valence-corrected chi connectivity index (χ0v) is 15.6. The number of aliphatic imine (C=N–C) groups is 1. The zero-order valence-electron chi connectivity index (χ0n) is 15.6. The Morgan fingerprint density at radius 3 is 2.68 bits per heavy atom. The van der Waals surface area contributed by atoms with Gasteiger partial charge in [-0.1, -0.05) is 6.07 Å². The van der Waals surface area contributed by atoms with Crippen molar-refractivity contribution in [2.75, 3.05) is 33.4 Å². The summed E-state index contributed by atoms with van der Waals surface area (Å²) in [6.07, 6.45) is 5.62. The van der Waals surface area contributed by atoms with Gasteiger partial charge in [0.05, 0.1) is 0 Å². The van der Waals surface area contributed by atoms with Crippen molar-refractivity contribution in [2.24, 2.45) is 10.9 Å². The number of hydrogen-bond donors (Lipinski definition) is 2. The molecular formula is C19H32N4O2. The third-order valence-electron chi connectivity index (χ3n) is 4.40. The SMILES string of the molecule is CN=C(NCCCCn1c(C)cccc1=O)NCCCOCC1CC1. The number of nitrogens with zero attached hydrogens (tertiary/aromatic N) is 2. The fraction of sp³-hybridized carbons (Fsp3) is 0.684. The average molecular weight is 348 g/mol. The predicted octanol–water partition coefficient (Wildman–Crippen LogP) is 1.92. The van der Waals surface area contributed by atoms with Gasteiger partial charge in [0, 0.05) is 51.7 Å². The molecule has 1 aliphatic rings. The third-order valence-corrected chi connectivity index (χ3v) is 4.40. The Labute approximate surface area is 150 Å². The van der Waals surface area contributed by atoms with Crippen molar-refractivity contribution in [3.8, 4) is 0 Å². The molecule has 25 heavy (non-hydrogen) atoms. The largest absolute Gasteiger partial charge is 0.381 e. The van der Waals surface area contributed by atoms with E-state index in [0.717, 1.165) is 69.7 Å². The summed E-state index contributed by atoms with van der Waals surface area (Å²) in [6, 6.07) is 5.40. The minimum Gasteiger partial charge on any atom is -0.381 e. The Kier molecular flexibility index (Phi) is 8.52. The van der Waals surface area contributed by atoms with Gasteiger partial charge in [-0.15, -0.1) is 0 Å². The molecule has 0 aliphatic heterocycles. The molecule has 0 aromatic carbocycles. The predicted molar refractivity (Wildman–Crippen MR) is 102 cm³/mol. The summed E-state index contributed by atoms with van der Waals surface area (Å²) in [4.78, 5) is 16.0. The van der Waals surface area contributed by atoms with E-state index in [1.54, 1.807) is 13.1 Å². The molecule has 1 aromatic heterocycles. The monoisotopic (exact) mass is 348 g/mol. The third kappa shape index (κ3) is 7.73. The van der Waals surface area contributed by atoms with Crippen LogP contribution in [-0.2, 0) is 11.3 Å². The average Bonchev–Trinajstić information content (AvgIpc) is 3.42. The lowest BCUT2D eigenvalue weighted by Gasteiger charge is -2.13. The summed E-state index contributed by atoms with van der Waals surface area (Å²) >= 11 is 0. The maximum atomic E-state index is 11.8. The number of hydrogen-bond acceptors (Lipinski definition) is 3. The Morgan fingerprint density at radius 2 is 2.00 bits per heavy atom. The Bertz CT molecular complexity index is 593. The zero-order chi connectivity index (χ0) is 17.9. The van der Waals surface area contributed by atoms with E-state index in [-0.39, 0.29) is 5.56 Å². The molecule has 1 aliphatic carbocycles. The lowest BCUT2D eigenvalue weighted by Crippen LogP contribution is -2.38. The minimum atomic E-state index is 0.0781. The fourth-order valence-electron chi connectivity index (χ4n) is 2.65. The molecule has 1 heterocycles. The highest BCUT2D eigenvalue weighted by atomic mass is 16.5. The van der Waals surface area contributed by atoms with Crippen LogP contribution in [0.5, 0.6) is 0 Å². The number of nitrogens with one attached hydrogen (secondary N) is 2. The van der Waals surface area contributed by atoms with Crippen molar-refractivity contribution < 1.29 is 4.74 Å². The van der Waals surface area contributed by atoms with Gasteiger partial charge in [-0.3, -0.25) is 9.79 Å². The van der Waals surface area contributed by atoms with Gasteiger partial charge in [0.15, 0.2) is 5.96 Å². The number of aromatic nitrogens is 1. The first-order chi connectivity index (χ1) is 12.2. The van der Waals surface area contributed by atoms with Crippen LogP contribution in [0.15, 0.2) is 28.0 Å². The molecule has 0 unspecified atom stereocenters. The number of pyridine rings is 1. The van der Waals surface area contributed by atoms with E-state index >= 15 is 0 Å². The van der Waals surface area contributed by atoms with Crippen LogP contribution >= 0.6 is 0 Å². The van der Waals surface area contributed by atoms with Gasteiger partial charge in [-0.05, 0) is 51.0 Å². The quantitative estimate of drug-likeness (QED) is 0.364. The Balaban J connectivity index is 1.51. The van der Waals surface area contributed by atoms with E-state index < -0.39 is 0 Å². The van der Waals surface area contributed by atoms with E-state index in [1.807, 2.05) is 23.6 Å². The van der Waals surface area contributed by atoms with E-state index in [9.17, 15) is 4.79 Å². The fourth-order valence-corrected chi connectivity index (χ4v) is 2.65. The molecule has 1 saturated carbocycles. The van der Waals surface area contributed by atoms with Crippen molar-refractivity contribution in [3.05, 3.63) is 34.2 Å². The van der Waals surface area contributed by atoms with E-state index in [2.05, 4.69) is 15.6 Å². The first kappa shape index (κ1) is 19.5. The highest BCUT2D eigenvalue weighted by molar-refractivity contribution is 5.79. The van der Waals surface area contributed by atoms with Gasteiger partial charge < -0.3 is 19.9 Å². The van der Waals surface area contributed by atoms with E-state index in [0.29, 0.717) is 0 Å². The minimum absolute atomic E-state index is 0.0781. The van der Waals surface area contributed by atoms with Gasteiger partial charge in [-0.25, -0.2) is 0 Å². The van der Waals surface area contributed by atoms with Crippen LogP contribution in [0.2, 0.25) is 0 Å². The molecule has 6 nitrogen and oxygen atoms in total. The number of guanidine groups is 1. The van der Waals surface area contributed by atoms with Crippen LogP contribution in [-0.4, -0.2) is 43.9 Å². The number of ether oxygens (including phenoxy) is 1. The highest BCUT2D eigenvalue weighted by Crippen LogP contribution is 2.28. The van der Waals surface area contributed by atoms with Crippen LogP contribution in [0.1, 0.15) is 37.8 Å². The van der Waals surface area contributed by atoms with Crippen LogP contribution in [0.25, 0.3) is 0 Å². The summed E-state index contributed by atoms with van der Waals surface area (Å²) in [5.41, 5.74) is 1.09. The van der Waals surface area contributed by atoms with Gasteiger partial charge >= 0.3 is 0 Å². The molecule has 6 heteroatoms. The molecule has 0 radical (unpaired) electrons. The van der Waals surface area contributed by atoms with Crippen LogP contribution in [0.3, 0.4) is 0 Å². The summed E-state index contributed by atoms with van der Waals surface area (Å²) in [5, 5.41) is 6.62. The molecular weight excluding hydrogens is 316 g/mol. The Hall–Kier alpha value is -1.82. The normalized spacial score (nSPS) is 14.6. The van der Waals surface area contributed by atoms with Crippen molar-refractivity contribution in [1.82, 2.24) is 15.2 Å². The molecule has 2 rings (SSSR count). The second kappa shape index (κ2) is 10.9. The van der Waals surface area contributed by atoms with Crippen LogP contribution in [0.4, 0.5) is 0 Å². The van der Waals surface area contributed by atoms with Gasteiger partial charge in [-0.2, -0.15) is 0 Å². The number of aryl methyl sites for hydroxylation is 1. The first-order valence-corrected chi connectivity index (χ1v) is 9.39. The molecule has 0 atom stereocenters. The van der Waals surface area contributed by atoms with Crippen molar-refractivity contribution in [3.63, 3.8) is 0 Å². The van der Waals surface area contributed by atoms with Gasteiger partial charge in [0.1, 0.15) is 0 Å². The molecule has 0 saturated heterocycles. The highest BCUT2D eigenvalue weighted by Gasteiger charge is 2.20. The Morgan fingerprint density at radius 1 is 1.24 bits per heavy atom. The smallest absolute Gasteiger partial charge is 0.250 e. The van der Waals surface area contributed by atoms with Crippen LogP contribution < -0.4 is 16.2 Å². The number of unbranched alkanes of at least 4 members (excludes halogenated alkanes) is 1. The van der Waals surface area contributed by atoms with Crippen molar-refractivity contribution in [2.45, 2.75) is 45.6 Å². The molecule has 0 spiro atoms. The number of rotatable bonds is 11. The maximum Gasteiger partial charge on any atom is 0.250 e. The molecule has 0 bridgehead atoms. The van der Waals surface area contributed by atoms with Gasteiger partial charge in [0.2, 0.25) is 0 Å². The van der Waals surface area contributed by atoms with Crippen LogP contribution in [0, 0.1) is 12.8 Å². The molecule has 140 valence electrons. The topological polar surface area (TPSA) is 67.7 Å². The molecule has 0 amide bonds.